The number of benzene rings is 2. The molecule has 0 fully saturated rings. The lowest BCUT2D eigenvalue weighted by Gasteiger charge is -2.10. The van der Waals surface area contributed by atoms with Crippen molar-refractivity contribution in [3.8, 4) is 0 Å². The van der Waals surface area contributed by atoms with Crippen molar-refractivity contribution in [2.24, 2.45) is 10.7 Å². The number of guanidine groups is 1. The van der Waals surface area contributed by atoms with Crippen molar-refractivity contribution < 1.29 is 0 Å². The Balaban J connectivity index is 1.94. The molecule has 2 aromatic rings. The quantitative estimate of drug-likeness (QED) is 0.658. The number of aryl methyl sites for hydroxylation is 2. The minimum atomic E-state index is 0.436. The van der Waals surface area contributed by atoms with Crippen molar-refractivity contribution in [2.75, 3.05) is 19.4 Å². The van der Waals surface area contributed by atoms with E-state index in [0.717, 1.165) is 17.8 Å². The lowest BCUT2D eigenvalue weighted by molar-refractivity contribution is 0.402. The molecular formula is C19H26N4. The van der Waals surface area contributed by atoms with Crippen molar-refractivity contribution in [3.05, 3.63) is 64.7 Å². The van der Waals surface area contributed by atoms with E-state index in [1.807, 2.05) is 6.07 Å². The van der Waals surface area contributed by atoms with E-state index in [2.05, 4.69) is 79.6 Å². The number of hydrogen-bond acceptors (Lipinski definition) is 2. The summed E-state index contributed by atoms with van der Waals surface area (Å²) < 4.78 is 0. The van der Waals surface area contributed by atoms with Crippen molar-refractivity contribution >= 4 is 11.6 Å². The Kier molecular flexibility index (Phi) is 5.77. The summed E-state index contributed by atoms with van der Waals surface area (Å²) in [4.78, 5) is 6.56. The number of aliphatic imine (C=N–C) groups is 1. The predicted octanol–water partition coefficient (Wildman–Crippen LogP) is 3.29. The van der Waals surface area contributed by atoms with Gasteiger partial charge in [0.15, 0.2) is 5.96 Å². The van der Waals surface area contributed by atoms with Crippen LogP contribution in [0.5, 0.6) is 0 Å². The van der Waals surface area contributed by atoms with Crippen LogP contribution in [0.2, 0.25) is 0 Å². The van der Waals surface area contributed by atoms with Gasteiger partial charge in [0.1, 0.15) is 0 Å². The third-order valence-corrected chi connectivity index (χ3v) is 3.73. The average Bonchev–Trinajstić information content (AvgIpc) is 2.50. The first-order valence-corrected chi connectivity index (χ1v) is 7.81. The van der Waals surface area contributed by atoms with Crippen LogP contribution in [0.4, 0.5) is 5.69 Å². The van der Waals surface area contributed by atoms with Crippen LogP contribution in [0.1, 0.15) is 22.3 Å². The van der Waals surface area contributed by atoms with E-state index >= 15 is 0 Å². The Hall–Kier alpha value is -2.33. The Bertz CT molecular complexity index is 672. The van der Waals surface area contributed by atoms with Crippen LogP contribution in [0, 0.1) is 13.8 Å². The van der Waals surface area contributed by atoms with Crippen LogP contribution in [0.25, 0.3) is 0 Å². The molecule has 0 amide bonds. The third-order valence-electron chi connectivity index (χ3n) is 3.73. The molecule has 0 saturated heterocycles. The summed E-state index contributed by atoms with van der Waals surface area (Å²) in [5.41, 5.74) is 11.9. The van der Waals surface area contributed by atoms with Gasteiger partial charge in [0.05, 0.1) is 6.54 Å². The van der Waals surface area contributed by atoms with Crippen molar-refractivity contribution in [1.82, 2.24) is 4.90 Å². The van der Waals surface area contributed by atoms with E-state index in [9.17, 15) is 0 Å². The number of rotatable bonds is 5. The van der Waals surface area contributed by atoms with Gasteiger partial charge in [0.25, 0.3) is 0 Å². The first kappa shape index (κ1) is 17.0. The molecule has 0 aliphatic heterocycles. The maximum atomic E-state index is 5.97. The number of anilines is 1. The third kappa shape index (κ3) is 5.42. The van der Waals surface area contributed by atoms with Gasteiger partial charge in [-0.15, -0.1) is 0 Å². The molecule has 2 aromatic carbocycles. The van der Waals surface area contributed by atoms with E-state index < -0.39 is 0 Å². The highest BCUT2D eigenvalue weighted by Gasteiger charge is 1.99. The highest BCUT2D eigenvalue weighted by molar-refractivity contribution is 5.92. The fraction of sp³-hybridized carbons (Fsp3) is 0.316. The maximum Gasteiger partial charge on any atom is 0.193 e. The first-order chi connectivity index (χ1) is 10.9. The first-order valence-electron chi connectivity index (χ1n) is 7.81. The van der Waals surface area contributed by atoms with E-state index in [1.54, 1.807) is 0 Å². The second kappa shape index (κ2) is 7.79. The molecule has 122 valence electrons. The number of nitrogens with zero attached hydrogens (tertiary/aromatic N) is 2. The molecule has 0 heterocycles. The molecule has 4 heteroatoms. The lowest BCUT2D eigenvalue weighted by atomic mass is 10.1. The summed E-state index contributed by atoms with van der Waals surface area (Å²) in [5, 5.41) is 3.14. The molecule has 23 heavy (non-hydrogen) atoms. The van der Waals surface area contributed by atoms with Crippen LogP contribution in [-0.2, 0) is 13.1 Å². The Morgan fingerprint density at radius 3 is 2.26 bits per heavy atom. The monoisotopic (exact) mass is 310 g/mol. The van der Waals surface area contributed by atoms with Gasteiger partial charge in [-0.3, -0.25) is 0 Å². The normalized spacial score (nSPS) is 11.8. The molecular weight excluding hydrogens is 284 g/mol. The van der Waals surface area contributed by atoms with Gasteiger partial charge < -0.3 is 16.0 Å². The molecule has 0 saturated carbocycles. The van der Waals surface area contributed by atoms with Gasteiger partial charge in [-0.25, -0.2) is 4.99 Å². The van der Waals surface area contributed by atoms with E-state index in [0.29, 0.717) is 12.5 Å². The lowest BCUT2D eigenvalue weighted by Crippen LogP contribution is -2.22. The summed E-state index contributed by atoms with van der Waals surface area (Å²) in [5.74, 6) is 0.436. The molecule has 0 atom stereocenters. The number of nitrogens with two attached hydrogens (primary N) is 1. The highest BCUT2D eigenvalue weighted by Crippen LogP contribution is 2.14. The summed E-state index contributed by atoms with van der Waals surface area (Å²) in [6.45, 7) is 5.70. The predicted molar refractivity (Wildman–Crippen MR) is 98.7 cm³/mol. The molecule has 0 aromatic heterocycles. The molecule has 0 unspecified atom stereocenters. The molecule has 2 rings (SSSR count). The standard InChI is InChI=1S/C19H26N4/c1-14-5-10-18(11-15(14)2)22-19(20)21-12-16-6-8-17(9-7-16)13-23(3)4/h5-11H,12-13H2,1-4H3,(H3,20,21,22). The van der Waals surface area contributed by atoms with Crippen molar-refractivity contribution in [1.29, 1.82) is 0 Å². The minimum Gasteiger partial charge on any atom is -0.370 e. The summed E-state index contributed by atoms with van der Waals surface area (Å²) >= 11 is 0. The number of hydrogen-bond donors (Lipinski definition) is 2. The van der Waals surface area contributed by atoms with Gasteiger partial charge in [-0.2, -0.15) is 0 Å². The molecule has 0 spiro atoms. The van der Waals surface area contributed by atoms with Crippen molar-refractivity contribution in [3.63, 3.8) is 0 Å². The summed E-state index contributed by atoms with van der Waals surface area (Å²) in [6, 6.07) is 14.6. The topological polar surface area (TPSA) is 53.6 Å². The zero-order chi connectivity index (χ0) is 16.8. The van der Waals surface area contributed by atoms with Crippen LogP contribution < -0.4 is 11.1 Å². The molecule has 4 nitrogen and oxygen atoms in total. The Morgan fingerprint density at radius 1 is 1.00 bits per heavy atom. The molecule has 0 bridgehead atoms. The van der Waals surface area contributed by atoms with Crippen LogP contribution >= 0.6 is 0 Å². The van der Waals surface area contributed by atoms with Gasteiger partial charge in [0, 0.05) is 12.2 Å². The summed E-state index contributed by atoms with van der Waals surface area (Å²) in [6.07, 6.45) is 0. The highest BCUT2D eigenvalue weighted by atomic mass is 15.1. The van der Waals surface area contributed by atoms with Gasteiger partial charge in [-0.05, 0) is 62.3 Å². The fourth-order valence-corrected chi connectivity index (χ4v) is 2.30. The zero-order valence-electron chi connectivity index (χ0n) is 14.4. The molecule has 0 aliphatic rings. The summed E-state index contributed by atoms with van der Waals surface area (Å²) in [7, 11) is 4.13. The average molecular weight is 310 g/mol. The molecule has 3 N–H and O–H groups in total. The van der Waals surface area contributed by atoms with E-state index in [1.165, 1.54) is 16.7 Å². The number of nitrogens with one attached hydrogen (secondary N) is 1. The second-order valence-corrected chi connectivity index (χ2v) is 6.18. The maximum absolute atomic E-state index is 5.97. The SMILES string of the molecule is Cc1ccc(NC(N)=NCc2ccc(CN(C)C)cc2)cc1C. The van der Waals surface area contributed by atoms with Gasteiger partial charge in [0.2, 0.25) is 0 Å². The van der Waals surface area contributed by atoms with Crippen LogP contribution in [0.15, 0.2) is 47.5 Å². The Morgan fingerprint density at radius 2 is 1.65 bits per heavy atom. The Labute approximate surface area is 139 Å². The van der Waals surface area contributed by atoms with E-state index in [-0.39, 0.29) is 0 Å². The van der Waals surface area contributed by atoms with Crippen LogP contribution in [-0.4, -0.2) is 25.0 Å². The smallest absolute Gasteiger partial charge is 0.193 e. The zero-order valence-corrected chi connectivity index (χ0v) is 14.4. The molecule has 0 radical (unpaired) electrons. The van der Waals surface area contributed by atoms with Gasteiger partial charge in [-0.1, -0.05) is 30.3 Å². The second-order valence-electron chi connectivity index (χ2n) is 6.18. The fourth-order valence-electron chi connectivity index (χ4n) is 2.30. The molecule has 0 aliphatic carbocycles. The van der Waals surface area contributed by atoms with Crippen LogP contribution in [0.3, 0.4) is 0 Å². The van der Waals surface area contributed by atoms with Gasteiger partial charge >= 0.3 is 0 Å². The van der Waals surface area contributed by atoms with E-state index in [4.69, 9.17) is 5.73 Å². The largest absolute Gasteiger partial charge is 0.370 e. The minimum absolute atomic E-state index is 0.436. The van der Waals surface area contributed by atoms with Crippen molar-refractivity contribution in [2.45, 2.75) is 26.9 Å².